The van der Waals surface area contributed by atoms with E-state index in [-0.39, 0.29) is 6.04 Å². The summed E-state index contributed by atoms with van der Waals surface area (Å²) >= 11 is 0. The molecule has 0 spiro atoms. The topological polar surface area (TPSA) is 48.3 Å². The number of ether oxygens (including phenoxy) is 2. The van der Waals surface area contributed by atoms with Crippen LogP contribution in [0.4, 0.5) is 0 Å². The fourth-order valence-electron chi connectivity index (χ4n) is 3.32. The molecule has 0 bridgehead atoms. The quantitative estimate of drug-likeness (QED) is 0.591. The van der Waals surface area contributed by atoms with Crippen molar-refractivity contribution in [2.24, 2.45) is 0 Å². The summed E-state index contributed by atoms with van der Waals surface area (Å²) in [4.78, 5) is 0. The smallest absolute Gasteiger partial charge is 0.124 e. The molecule has 3 aromatic rings. The summed E-state index contributed by atoms with van der Waals surface area (Å²) in [6, 6.07) is 16.6. The van der Waals surface area contributed by atoms with Crippen LogP contribution in [0.3, 0.4) is 0 Å². The average molecular weight is 380 g/mol. The van der Waals surface area contributed by atoms with E-state index in [0.29, 0.717) is 13.2 Å². The number of benzene rings is 2. The van der Waals surface area contributed by atoms with Crippen molar-refractivity contribution in [1.82, 2.24) is 15.1 Å². The number of hydrogen-bond donors (Lipinski definition) is 1. The van der Waals surface area contributed by atoms with Crippen LogP contribution in [-0.4, -0.2) is 23.5 Å². The van der Waals surface area contributed by atoms with Crippen LogP contribution in [-0.2, 0) is 17.9 Å². The molecule has 3 rings (SSSR count). The van der Waals surface area contributed by atoms with Crippen LogP contribution in [0.2, 0.25) is 0 Å². The van der Waals surface area contributed by atoms with Crippen LogP contribution in [0.25, 0.3) is 5.69 Å². The molecule has 0 saturated heterocycles. The Labute approximate surface area is 167 Å². The lowest BCUT2D eigenvalue weighted by molar-refractivity contribution is 0.132. The zero-order valence-corrected chi connectivity index (χ0v) is 17.1. The van der Waals surface area contributed by atoms with Gasteiger partial charge in [-0.1, -0.05) is 24.3 Å². The van der Waals surface area contributed by atoms with Gasteiger partial charge >= 0.3 is 0 Å². The Kier molecular flexibility index (Phi) is 6.85. The summed E-state index contributed by atoms with van der Waals surface area (Å²) in [6.07, 6.45) is 1.95. The number of hydrogen-bond acceptors (Lipinski definition) is 4. The number of rotatable bonds is 9. The normalized spacial score (nSPS) is 12.1. The fourth-order valence-corrected chi connectivity index (χ4v) is 3.32. The molecule has 1 atom stereocenters. The molecule has 148 valence electrons. The van der Waals surface area contributed by atoms with E-state index in [9.17, 15) is 0 Å². The zero-order valence-electron chi connectivity index (χ0n) is 17.1. The Balaban J connectivity index is 1.69. The molecule has 0 saturated carbocycles. The predicted molar refractivity (Wildman–Crippen MR) is 112 cm³/mol. The maximum atomic E-state index is 5.56. The Morgan fingerprint density at radius 2 is 1.93 bits per heavy atom. The second-order valence-corrected chi connectivity index (χ2v) is 6.82. The monoisotopic (exact) mass is 379 g/mol. The van der Waals surface area contributed by atoms with E-state index in [1.54, 1.807) is 7.11 Å². The Morgan fingerprint density at radius 3 is 2.64 bits per heavy atom. The number of nitrogens with one attached hydrogen (secondary N) is 1. The summed E-state index contributed by atoms with van der Waals surface area (Å²) in [5.41, 5.74) is 5.71. The molecule has 1 N–H and O–H groups in total. The van der Waals surface area contributed by atoms with Gasteiger partial charge in [-0.2, -0.15) is 5.10 Å². The highest BCUT2D eigenvalue weighted by Crippen LogP contribution is 2.23. The highest BCUT2D eigenvalue weighted by molar-refractivity contribution is 5.37. The van der Waals surface area contributed by atoms with Gasteiger partial charge in [0.25, 0.3) is 0 Å². The molecule has 0 fully saturated rings. The first-order valence-electron chi connectivity index (χ1n) is 9.70. The molecular weight excluding hydrogens is 350 g/mol. The molecule has 1 heterocycles. The van der Waals surface area contributed by atoms with Crippen molar-refractivity contribution in [1.29, 1.82) is 0 Å². The van der Waals surface area contributed by atoms with E-state index in [1.807, 2.05) is 42.1 Å². The third-order valence-electron chi connectivity index (χ3n) is 4.93. The lowest BCUT2D eigenvalue weighted by Gasteiger charge is -2.16. The lowest BCUT2D eigenvalue weighted by atomic mass is 10.1. The van der Waals surface area contributed by atoms with Gasteiger partial charge in [-0.15, -0.1) is 0 Å². The highest BCUT2D eigenvalue weighted by Gasteiger charge is 2.14. The first kappa shape index (κ1) is 20.1. The van der Waals surface area contributed by atoms with E-state index >= 15 is 0 Å². The van der Waals surface area contributed by atoms with Crippen molar-refractivity contribution in [3.8, 4) is 11.4 Å². The molecule has 28 heavy (non-hydrogen) atoms. The molecule has 5 heteroatoms. The van der Waals surface area contributed by atoms with Crippen LogP contribution >= 0.6 is 0 Å². The predicted octanol–water partition coefficient (Wildman–Crippen LogP) is 4.58. The molecular formula is C23H29N3O2. The van der Waals surface area contributed by atoms with Crippen molar-refractivity contribution in [2.45, 2.75) is 40.0 Å². The second-order valence-electron chi connectivity index (χ2n) is 6.82. The molecule has 0 amide bonds. The third-order valence-corrected chi connectivity index (χ3v) is 4.93. The van der Waals surface area contributed by atoms with E-state index in [0.717, 1.165) is 29.2 Å². The third kappa shape index (κ3) is 4.61. The number of methoxy groups -OCH3 is 1. The summed E-state index contributed by atoms with van der Waals surface area (Å²) in [6.45, 7) is 8.29. The minimum Gasteiger partial charge on any atom is -0.496 e. The minimum absolute atomic E-state index is 0.190. The fraction of sp³-hybridized carbons (Fsp3) is 0.348. The van der Waals surface area contributed by atoms with Crippen molar-refractivity contribution < 1.29 is 9.47 Å². The van der Waals surface area contributed by atoms with Gasteiger partial charge in [0.15, 0.2) is 0 Å². The summed E-state index contributed by atoms with van der Waals surface area (Å²) in [5, 5.41) is 8.18. The maximum Gasteiger partial charge on any atom is 0.124 e. The van der Waals surface area contributed by atoms with Crippen LogP contribution in [0.15, 0.2) is 54.7 Å². The average Bonchev–Trinajstić information content (AvgIpc) is 3.12. The van der Waals surface area contributed by atoms with Crippen LogP contribution < -0.4 is 10.1 Å². The zero-order chi connectivity index (χ0) is 19.9. The minimum atomic E-state index is 0.190. The SMILES string of the molecule is CCOCc1cc(CN[C@H](C)c2cnn(-c3ccccc3)c2C)ccc1OC. The summed E-state index contributed by atoms with van der Waals surface area (Å²) in [7, 11) is 1.69. The van der Waals surface area contributed by atoms with Gasteiger partial charge in [-0.05, 0) is 50.6 Å². The van der Waals surface area contributed by atoms with Gasteiger partial charge in [-0.3, -0.25) is 0 Å². The Hall–Kier alpha value is -2.63. The van der Waals surface area contributed by atoms with Crippen LogP contribution in [0.1, 0.15) is 42.3 Å². The van der Waals surface area contributed by atoms with Gasteiger partial charge in [-0.25, -0.2) is 4.68 Å². The second kappa shape index (κ2) is 9.53. The molecule has 5 nitrogen and oxygen atoms in total. The van der Waals surface area contributed by atoms with Gasteiger partial charge < -0.3 is 14.8 Å². The highest BCUT2D eigenvalue weighted by atomic mass is 16.5. The van der Waals surface area contributed by atoms with Gasteiger partial charge in [0.2, 0.25) is 0 Å². The van der Waals surface area contributed by atoms with Gasteiger partial charge in [0.1, 0.15) is 5.75 Å². The first-order chi connectivity index (χ1) is 13.6. The van der Waals surface area contributed by atoms with Gasteiger partial charge in [0.05, 0.1) is 25.6 Å². The first-order valence-corrected chi connectivity index (χ1v) is 9.70. The standard InChI is InChI=1S/C23H29N3O2/c1-5-28-16-20-13-19(11-12-23(20)27-4)14-24-17(2)22-15-25-26(18(22)3)21-9-7-6-8-10-21/h6-13,15,17,24H,5,14,16H2,1-4H3/t17-/m1/s1. The molecule has 0 unspecified atom stereocenters. The number of nitrogens with zero attached hydrogens (tertiary/aromatic N) is 2. The van der Waals surface area contributed by atoms with Gasteiger partial charge in [0, 0.05) is 36.0 Å². The van der Waals surface area contributed by atoms with E-state index in [1.165, 1.54) is 11.1 Å². The van der Waals surface area contributed by atoms with Crippen LogP contribution in [0, 0.1) is 6.92 Å². The number of aromatic nitrogens is 2. The lowest BCUT2D eigenvalue weighted by Crippen LogP contribution is -2.19. The number of para-hydroxylation sites is 1. The maximum absolute atomic E-state index is 5.56. The Morgan fingerprint density at radius 1 is 1.14 bits per heavy atom. The molecule has 0 aliphatic rings. The van der Waals surface area contributed by atoms with E-state index < -0.39 is 0 Å². The summed E-state index contributed by atoms with van der Waals surface area (Å²) < 4.78 is 13.0. The van der Waals surface area contributed by atoms with Crippen molar-refractivity contribution in [2.75, 3.05) is 13.7 Å². The van der Waals surface area contributed by atoms with Crippen molar-refractivity contribution in [3.05, 3.63) is 77.1 Å². The van der Waals surface area contributed by atoms with Crippen molar-refractivity contribution >= 4 is 0 Å². The molecule has 0 radical (unpaired) electrons. The summed E-state index contributed by atoms with van der Waals surface area (Å²) in [5.74, 6) is 0.866. The van der Waals surface area contributed by atoms with Crippen molar-refractivity contribution in [3.63, 3.8) is 0 Å². The van der Waals surface area contributed by atoms with Crippen LogP contribution in [0.5, 0.6) is 5.75 Å². The molecule has 0 aliphatic heterocycles. The Bertz CT molecular complexity index is 890. The molecule has 2 aromatic carbocycles. The van der Waals surface area contributed by atoms with E-state index in [2.05, 4.69) is 48.5 Å². The molecule has 0 aliphatic carbocycles. The molecule has 1 aromatic heterocycles. The van der Waals surface area contributed by atoms with E-state index in [4.69, 9.17) is 9.47 Å². The largest absolute Gasteiger partial charge is 0.496 e.